The van der Waals surface area contributed by atoms with E-state index in [1.165, 1.54) is 23.5 Å². The lowest BCUT2D eigenvalue weighted by atomic mass is 10.1. The van der Waals surface area contributed by atoms with Crippen molar-refractivity contribution in [2.45, 2.75) is 23.8 Å². The molecule has 3 N–H and O–H groups in total. The summed E-state index contributed by atoms with van der Waals surface area (Å²) < 4.78 is 31.2. The number of piperidine rings is 1. The summed E-state index contributed by atoms with van der Waals surface area (Å²) in [6.07, 6.45) is 0.670. The molecule has 19 heavy (non-hydrogen) atoms. The molecule has 0 aromatic heterocycles. The number of aliphatic hydroxyl groups is 1. The van der Waals surface area contributed by atoms with Crippen LogP contribution in [0.15, 0.2) is 23.1 Å². The highest BCUT2D eigenvalue weighted by molar-refractivity contribution is 7.89. The number of hydrogen-bond acceptors (Lipinski definition) is 5. The van der Waals surface area contributed by atoms with Gasteiger partial charge in [0.25, 0.3) is 0 Å². The monoisotopic (exact) mass is 286 g/mol. The van der Waals surface area contributed by atoms with E-state index >= 15 is 0 Å². The van der Waals surface area contributed by atoms with Gasteiger partial charge in [-0.05, 0) is 25.0 Å². The third-order valence-electron chi connectivity index (χ3n) is 3.19. The molecule has 1 unspecified atom stereocenters. The number of ether oxygens (including phenoxy) is 1. The van der Waals surface area contributed by atoms with Crippen LogP contribution >= 0.6 is 0 Å². The van der Waals surface area contributed by atoms with Crippen LogP contribution in [0.4, 0.5) is 5.69 Å². The zero-order valence-electron chi connectivity index (χ0n) is 10.7. The maximum absolute atomic E-state index is 12.4. The van der Waals surface area contributed by atoms with Crippen LogP contribution in [0.25, 0.3) is 0 Å². The first-order chi connectivity index (χ1) is 8.95. The molecule has 0 bridgehead atoms. The molecule has 1 atom stereocenters. The van der Waals surface area contributed by atoms with Gasteiger partial charge in [-0.3, -0.25) is 0 Å². The molecule has 6 nitrogen and oxygen atoms in total. The average molecular weight is 286 g/mol. The van der Waals surface area contributed by atoms with Crippen LogP contribution in [0.5, 0.6) is 5.75 Å². The zero-order chi connectivity index (χ0) is 14.0. The maximum atomic E-state index is 12.4. The molecule has 0 aliphatic carbocycles. The number of aliphatic hydroxyl groups excluding tert-OH is 1. The van der Waals surface area contributed by atoms with Gasteiger partial charge in [-0.25, -0.2) is 8.42 Å². The van der Waals surface area contributed by atoms with Gasteiger partial charge in [0.15, 0.2) is 0 Å². The van der Waals surface area contributed by atoms with Crippen LogP contribution in [0.1, 0.15) is 12.8 Å². The van der Waals surface area contributed by atoms with Gasteiger partial charge in [0.05, 0.1) is 18.9 Å². The van der Waals surface area contributed by atoms with Gasteiger partial charge >= 0.3 is 0 Å². The summed E-state index contributed by atoms with van der Waals surface area (Å²) in [6.45, 7) is 0.526. The van der Waals surface area contributed by atoms with Gasteiger partial charge in [-0.2, -0.15) is 4.31 Å². The molecule has 1 aliphatic heterocycles. The minimum Gasteiger partial charge on any atom is -0.497 e. The first-order valence-electron chi connectivity index (χ1n) is 6.07. The molecule has 2 rings (SSSR count). The first kappa shape index (κ1) is 14.1. The number of nitrogen functional groups attached to an aromatic ring is 1. The molecule has 7 heteroatoms. The Morgan fingerprint density at radius 3 is 2.79 bits per heavy atom. The van der Waals surface area contributed by atoms with E-state index in [0.29, 0.717) is 25.1 Å². The summed E-state index contributed by atoms with van der Waals surface area (Å²) in [5.41, 5.74) is 5.93. The normalized spacial score (nSPS) is 21.3. The SMILES string of the molecule is COc1ccc(S(=O)(=O)N2CCCC(O)C2)c(N)c1. The minimum atomic E-state index is -3.66. The largest absolute Gasteiger partial charge is 0.497 e. The molecule has 1 aromatic rings. The standard InChI is InChI=1S/C12H18N2O4S/c1-18-10-4-5-12(11(13)7-10)19(16,17)14-6-2-3-9(15)8-14/h4-5,7,9,15H,2-3,6,8,13H2,1H3. The van der Waals surface area contributed by atoms with E-state index < -0.39 is 16.1 Å². The predicted molar refractivity (Wildman–Crippen MR) is 71.4 cm³/mol. The lowest BCUT2D eigenvalue weighted by Gasteiger charge is -2.29. The smallest absolute Gasteiger partial charge is 0.245 e. The van der Waals surface area contributed by atoms with Crippen molar-refractivity contribution < 1.29 is 18.3 Å². The van der Waals surface area contributed by atoms with Crippen LogP contribution in [0, 0.1) is 0 Å². The third kappa shape index (κ3) is 2.83. The summed E-state index contributed by atoms with van der Waals surface area (Å²) >= 11 is 0. The molecule has 0 spiro atoms. The quantitative estimate of drug-likeness (QED) is 0.786. The van der Waals surface area contributed by atoms with Crippen LogP contribution in [-0.2, 0) is 10.0 Å². The lowest BCUT2D eigenvalue weighted by Crippen LogP contribution is -2.42. The Hall–Kier alpha value is -1.31. The van der Waals surface area contributed by atoms with Crippen molar-refractivity contribution in [1.82, 2.24) is 4.31 Å². The number of sulfonamides is 1. The van der Waals surface area contributed by atoms with E-state index in [1.807, 2.05) is 0 Å². The summed E-state index contributed by atoms with van der Waals surface area (Å²) in [4.78, 5) is 0.0578. The minimum absolute atomic E-state index is 0.0578. The molecule has 0 amide bonds. The Labute approximate surface area is 112 Å². The molecule has 1 heterocycles. The third-order valence-corrected chi connectivity index (χ3v) is 5.13. The second-order valence-electron chi connectivity index (χ2n) is 4.56. The summed E-state index contributed by atoms with van der Waals surface area (Å²) in [5.74, 6) is 0.509. The van der Waals surface area contributed by atoms with Crippen LogP contribution in [0.3, 0.4) is 0 Å². The van der Waals surface area contributed by atoms with E-state index in [-0.39, 0.29) is 17.1 Å². The molecule has 0 saturated carbocycles. The predicted octanol–water partition coefficient (Wildman–Crippen LogP) is 0.423. The van der Waals surface area contributed by atoms with E-state index in [1.54, 1.807) is 6.07 Å². The lowest BCUT2D eigenvalue weighted by molar-refractivity contribution is 0.108. The molecular formula is C12H18N2O4S. The highest BCUT2D eigenvalue weighted by atomic mass is 32.2. The van der Waals surface area contributed by atoms with Crippen molar-refractivity contribution >= 4 is 15.7 Å². The molecule has 1 aromatic carbocycles. The number of anilines is 1. The van der Waals surface area contributed by atoms with Crippen molar-refractivity contribution in [1.29, 1.82) is 0 Å². The number of methoxy groups -OCH3 is 1. The number of benzene rings is 1. The number of rotatable bonds is 3. The second-order valence-corrected chi connectivity index (χ2v) is 6.47. The van der Waals surface area contributed by atoms with Crippen molar-refractivity contribution in [3.63, 3.8) is 0 Å². The average Bonchev–Trinajstić information content (AvgIpc) is 2.38. The highest BCUT2D eigenvalue weighted by Gasteiger charge is 2.30. The molecule has 1 saturated heterocycles. The van der Waals surface area contributed by atoms with E-state index in [4.69, 9.17) is 10.5 Å². The number of β-amino-alcohol motifs (C(OH)–C–C–N with tert-alkyl or cyclic N) is 1. The Kier molecular flexibility index (Phi) is 3.98. The van der Waals surface area contributed by atoms with Crippen molar-refractivity contribution in [2.75, 3.05) is 25.9 Å². The van der Waals surface area contributed by atoms with Crippen molar-refractivity contribution in [3.8, 4) is 5.75 Å². The summed E-state index contributed by atoms with van der Waals surface area (Å²) in [7, 11) is -2.17. The van der Waals surface area contributed by atoms with Crippen LogP contribution in [0.2, 0.25) is 0 Å². The van der Waals surface area contributed by atoms with Crippen LogP contribution < -0.4 is 10.5 Å². The maximum Gasteiger partial charge on any atom is 0.245 e. The number of nitrogens with zero attached hydrogens (tertiary/aromatic N) is 1. The molecule has 1 fully saturated rings. The van der Waals surface area contributed by atoms with Gasteiger partial charge in [0, 0.05) is 19.2 Å². The van der Waals surface area contributed by atoms with E-state index in [2.05, 4.69) is 0 Å². The van der Waals surface area contributed by atoms with Crippen LogP contribution in [-0.4, -0.2) is 44.1 Å². The molecular weight excluding hydrogens is 268 g/mol. The fourth-order valence-corrected chi connectivity index (χ4v) is 3.78. The van der Waals surface area contributed by atoms with Gasteiger partial charge in [-0.1, -0.05) is 0 Å². The Balaban J connectivity index is 2.33. The van der Waals surface area contributed by atoms with E-state index in [9.17, 15) is 13.5 Å². The molecule has 0 radical (unpaired) electrons. The molecule has 1 aliphatic rings. The zero-order valence-corrected chi connectivity index (χ0v) is 11.6. The van der Waals surface area contributed by atoms with Gasteiger partial charge in [-0.15, -0.1) is 0 Å². The topological polar surface area (TPSA) is 92.9 Å². The summed E-state index contributed by atoms with van der Waals surface area (Å²) in [5, 5.41) is 9.58. The first-order valence-corrected chi connectivity index (χ1v) is 7.51. The number of nitrogens with two attached hydrogens (primary N) is 1. The van der Waals surface area contributed by atoms with Gasteiger partial charge in [0.1, 0.15) is 10.6 Å². The van der Waals surface area contributed by atoms with E-state index in [0.717, 1.165) is 0 Å². The highest BCUT2D eigenvalue weighted by Crippen LogP contribution is 2.28. The summed E-state index contributed by atoms with van der Waals surface area (Å²) in [6, 6.07) is 4.47. The van der Waals surface area contributed by atoms with Gasteiger partial charge in [0.2, 0.25) is 10.0 Å². The fourth-order valence-electron chi connectivity index (χ4n) is 2.17. The van der Waals surface area contributed by atoms with Crippen molar-refractivity contribution in [3.05, 3.63) is 18.2 Å². The van der Waals surface area contributed by atoms with Crippen molar-refractivity contribution in [2.24, 2.45) is 0 Å². The van der Waals surface area contributed by atoms with Gasteiger partial charge < -0.3 is 15.6 Å². The Bertz CT molecular complexity index is 559. The second kappa shape index (κ2) is 5.36. The molecule has 106 valence electrons. The fraction of sp³-hybridized carbons (Fsp3) is 0.500. The number of hydrogen-bond donors (Lipinski definition) is 2. The Morgan fingerprint density at radius 1 is 1.47 bits per heavy atom. The Morgan fingerprint density at radius 2 is 2.21 bits per heavy atom.